The van der Waals surface area contributed by atoms with Crippen LogP contribution in [0.15, 0.2) is 18.2 Å². The average Bonchev–Trinajstić information content (AvgIpc) is 3.11. The summed E-state index contributed by atoms with van der Waals surface area (Å²) in [6, 6.07) is 6.11. The number of benzene rings is 1. The van der Waals surface area contributed by atoms with Crippen LogP contribution in [-0.4, -0.2) is 66.8 Å². The number of nitrogens with one attached hydrogen (secondary N) is 1. The Labute approximate surface area is 195 Å². The number of nitrogens with zero attached hydrogens (tertiary/aromatic N) is 2. The van der Waals surface area contributed by atoms with Crippen molar-refractivity contribution in [3.63, 3.8) is 0 Å². The third-order valence-electron chi connectivity index (χ3n) is 7.84. The van der Waals surface area contributed by atoms with Crippen LogP contribution in [-0.2, 0) is 34.2 Å². The lowest BCUT2D eigenvalue weighted by Crippen LogP contribution is -2.51. The first-order chi connectivity index (χ1) is 16.0. The minimum atomic E-state index is -0.129. The standard InChI is InChI=1S/C26H35N3O4/c1-3-29(14-25(30)27-20-15-33-16-20)26(31)19-5-7-24-22(13-19)21-12-18(4-6-23(21)28(24)2)17-8-10-32-11-9-17/h5,7,13,17-18,20H,3-4,6,8-12,14-16H2,1-2H3,(H,27,30). The van der Waals surface area contributed by atoms with E-state index in [2.05, 4.69) is 29.1 Å². The topological polar surface area (TPSA) is 72.8 Å². The van der Waals surface area contributed by atoms with Gasteiger partial charge in [0.1, 0.15) is 0 Å². The Balaban J connectivity index is 1.37. The largest absolute Gasteiger partial charge is 0.381 e. The predicted molar refractivity (Wildman–Crippen MR) is 126 cm³/mol. The van der Waals surface area contributed by atoms with Crippen LogP contribution in [0.1, 0.15) is 47.8 Å². The first kappa shape index (κ1) is 22.4. The minimum absolute atomic E-state index is 0.0715. The van der Waals surface area contributed by atoms with Gasteiger partial charge in [-0.25, -0.2) is 0 Å². The van der Waals surface area contributed by atoms with Crippen molar-refractivity contribution in [3.8, 4) is 0 Å². The molecule has 0 bridgehead atoms. The third kappa shape index (κ3) is 4.41. The molecule has 0 saturated carbocycles. The molecule has 2 aliphatic heterocycles. The molecule has 0 radical (unpaired) electrons. The van der Waals surface area contributed by atoms with Crippen molar-refractivity contribution in [2.45, 2.75) is 45.1 Å². The summed E-state index contributed by atoms with van der Waals surface area (Å²) in [4.78, 5) is 27.3. The van der Waals surface area contributed by atoms with Crippen molar-refractivity contribution >= 4 is 22.7 Å². The molecule has 7 heteroatoms. The maximum absolute atomic E-state index is 13.3. The molecule has 3 aliphatic rings. The summed E-state index contributed by atoms with van der Waals surface area (Å²) in [5.41, 5.74) is 4.67. The van der Waals surface area contributed by atoms with Crippen LogP contribution >= 0.6 is 0 Å². The van der Waals surface area contributed by atoms with Crippen LogP contribution in [0.5, 0.6) is 0 Å². The van der Waals surface area contributed by atoms with E-state index in [0.717, 1.165) is 44.8 Å². The zero-order chi connectivity index (χ0) is 22.9. The first-order valence-electron chi connectivity index (χ1n) is 12.4. The smallest absolute Gasteiger partial charge is 0.254 e. The molecule has 1 unspecified atom stereocenters. The van der Waals surface area contributed by atoms with Gasteiger partial charge in [-0.05, 0) is 74.6 Å². The van der Waals surface area contributed by atoms with Gasteiger partial charge >= 0.3 is 0 Å². The highest BCUT2D eigenvalue weighted by Gasteiger charge is 2.31. The molecule has 1 N–H and O–H groups in total. The summed E-state index contributed by atoms with van der Waals surface area (Å²) in [5, 5.41) is 4.12. The van der Waals surface area contributed by atoms with E-state index in [1.54, 1.807) is 4.90 Å². The van der Waals surface area contributed by atoms with Gasteiger partial charge < -0.3 is 24.3 Å². The number of likely N-dealkylation sites (N-methyl/N-ethyl adjacent to an activating group) is 1. The van der Waals surface area contributed by atoms with Crippen LogP contribution in [0.25, 0.3) is 10.9 Å². The number of carbonyl (C=O) groups excluding carboxylic acids is 2. The second-order valence-corrected chi connectivity index (χ2v) is 9.79. The van der Waals surface area contributed by atoms with Crippen molar-refractivity contribution < 1.29 is 19.1 Å². The molecule has 2 saturated heterocycles. The third-order valence-corrected chi connectivity index (χ3v) is 7.84. The molecule has 5 rings (SSSR count). The van der Waals surface area contributed by atoms with Gasteiger partial charge in [0.05, 0.1) is 25.8 Å². The van der Waals surface area contributed by atoms with Gasteiger partial charge in [-0.2, -0.15) is 0 Å². The number of hydrogen-bond acceptors (Lipinski definition) is 4. The molecule has 178 valence electrons. The van der Waals surface area contributed by atoms with Gasteiger partial charge in [0.25, 0.3) is 5.91 Å². The second kappa shape index (κ2) is 9.47. The zero-order valence-corrected chi connectivity index (χ0v) is 19.8. The van der Waals surface area contributed by atoms with Gasteiger partial charge in [-0.15, -0.1) is 0 Å². The molecule has 2 amide bonds. The zero-order valence-electron chi connectivity index (χ0n) is 19.8. The molecule has 3 heterocycles. The number of aromatic nitrogens is 1. The van der Waals surface area contributed by atoms with E-state index in [4.69, 9.17) is 9.47 Å². The number of carbonyl (C=O) groups is 2. The van der Waals surface area contributed by atoms with Gasteiger partial charge in [0, 0.05) is 49.0 Å². The van der Waals surface area contributed by atoms with Crippen LogP contribution in [0.4, 0.5) is 0 Å². The van der Waals surface area contributed by atoms with Gasteiger partial charge in [0.15, 0.2) is 0 Å². The first-order valence-corrected chi connectivity index (χ1v) is 12.4. The Morgan fingerprint density at radius 1 is 1.12 bits per heavy atom. The number of aryl methyl sites for hydroxylation is 1. The molecule has 33 heavy (non-hydrogen) atoms. The molecule has 1 aromatic heterocycles. The summed E-state index contributed by atoms with van der Waals surface area (Å²) in [7, 11) is 2.14. The van der Waals surface area contributed by atoms with E-state index < -0.39 is 0 Å². The molecular formula is C26H35N3O4. The fraction of sp³-hybridized carbons (Fsp3) is 0.615. The van der Waals surface area contributed by atoms with Crippen LogP contribution < -0.4 is 5.32 Å². The van der Waals surface area contributed by atoms with Crippen molar-refractivity contribution in [1.29, 1.82) is 0 Å². The molecule has 1 atom stereocenters. The average molecular weight is 454 g/mol. The monoisotopic (exact) mass is 453 g/mol. The Kier molecular flexibility index (Phi) is 6.43. The van der Waals surface area contributed by atoms with Crippen molar-refractivity contribution in [2.75, 3.05) is 39.5 Å². The van der Waals surface area contributed by atoms with Crippen LogP contribution in [0.2, 0.25) is 0 Å². The summed E-state index contributed by atoms with van der Waals surface area (Å²) in [6.45, 7) is 5.35. The number of rotatable bonds is 6. The second-order valence-electron chi connectivity index (χ2n) is 9.79. The minimum Gasteiger partial charge on any atom is -0.381 e. The van der Waals surface area contributed by atoms with E-state index in [9.17, 15) is 9.59 Å². The molecule has 2 fully saturated rings. The van der Waals surface area contributed by atoms with Crippen molar-refractivity contribution in [3.05, 3.63) is 35.0 Å². The van der Waals surface area contributed by atoms with E-state index in [1.165, 1.54) is 28.6 Å². The highest BCUT2D eigenvalue weighted by Crippen LogP contribution is 2.39. The van der Waals surface area contributed by atoms with Crippen molar-refractivity contribution in [1.82, 2.24) is 14.8 Å². The van der Waals surface area contributed by atoms with E-state index in [0.29, 0.717) is 31.2 Å². The predicted octanol–water partition coefficient (Wildman–Crippen LogP) is 2.69. The molecule has 7 nitrogen and oxygen atoms in total. The Morgan fingerprint density at radius 3 is 2.61 bits per heavy atom. The lowest BCUT2D eigenvalue weighted by atomic mass is 9.75. The molecule has 0 spiro atoms. The summed E-state index contributed by atoms with van der Waals surface area (Å²) in [5.74, 6) is 1.21. The maximum atomic E-state index is 13.3. The van der Waals surface area contributed by atoms with Crippen LogP contribution in [0.3, 0.4) is 0 Å². The van der Waals surface area contributed by atoms with Gasteiger partial charge in [-0.1, -0.05) is 0 Å². The molecule has 1 aromatic carbocycles. The molecular weight excluding hydrogens is 418 g/mol. The SMILES string of the molecule is CCN(CC(=O)NC1COC1)C(=O)c1ccc2c(c1)c1c(n2C)CCC(C2CCOCC2)C1. The quantitative estimate of drug-likeness (QED) is 0.730. The highest BCUT2D eigenvalue weighted by atomic mass is 16.5. The Hall–Kier alpha value is -2.38. The van der Waals surface area contributed by atoms with Gasteiger partial charge in [0.2, 0.25) is 5.91 Å². The number of amides is 2. The Morgan fingerprint density at radius 2 is 1.91 bits per heavy atom. The number of ether oxygens (including phenoxy) is 2. The van der Waals surface area contributed by atoms with Crippen molar-refractivity contribution in [2.24, 2.45) is 18.9 Å². The molecule has 2 aromatic rings. The normalized spacial score (nSPS) is 21.5. The van der Waals surface area contributed by atoms with Crippen LogP contribution in [0, 0.1) is 11.8 Å². The molecule has 1 aliphatic carbocycles. The maximum Gasteiger partial charge on any atom is 0.254 e. The fourth-order valence-corrected chi connectivity index (χ4v) is 5.80. The lowest BCUT2D eigenvalue weighted by molar-refractivity contribution is -0.125. The lowest BCUT2D eigenvalue weighted by Gasteiger charge is -2.33. The summed E-state index contributed by atoms with van der Waals surface area (Å²) >= 11 is 0. The van der Waals surface area contributed by atoms with Gasteiger partial charge in [-0.3, -0.25) is 9.59 Å². The summed E-state index contributed by atoms with van der Waals surface area (Å²) < 4.78 is 13.0. The van der Waals surface area contributed by atoms with E-state index >= 15 is 0 Å². The highest BCUT2D eigenvalue weighted by molar-refractivity contribution is 6.00. The fourth-order valence-electron chi connectivity index (χ4n) is 5.80. The summed E-state index contributed by atoms with van der Waals surface area (Å²) in [6.07, 6.45) is 5.73. The Bertz CT molecular complexity index is 1040. The number of hydrogen-bond donors (Lipinski definition) is 1. The van der Waals surface area contributed by atoms with E-state index in [-0.39, 0.29) is 24.4 Å². The number of fused-ring (bicyclic) bond motifs is 3. The van der Waals surface area contributed by atoms with E-state index in [1.807, 2.05) is 13.0 Å².